The van der Waals surface area contributed by atoms with Crippen LogP contribution >= 0.6 is 12.2 Å². The Hall–Kier alpha value is -2.19. The zero-order chi connectivity index (χ0) is 20.4. The quantitative estimate of drug-likeness (QED) is 0.386. The van der Waals surface area contributed by atoms with Crippen LogP contribution in [0.2, 0.25) is 0 Å². The number of hydrogen-bond donors (Lipinski definition) is 2. The first kappa shape index (κ1) is 22.1. The molecule has 1 amide bonds. The summed E-state index contributed by atoms with van der Waals surface area (Å²) in [7, 11) is 1.39. The molecule has 1 fully saturated rings. The van der Waals surface area contributed by atoms with Gasteiger partial charge in [-0.1, -0.05) is 25.1 Å². The lowest BCUT2D eigenvalue weighted by Gasteiger charge is -2.35. The van der Waals surface area contributed by atoms with Gasteiger partial charge in [-0.05, 0) is 36.7 Å². The van der Waals surface area contributed by atoms with Crippen LogP contribution < -0.4 is 10.6 Å². The minimum atomic E-state index is -0.207. The summed E-state index contributed by atoms with van der Waals surface area (Å²) in [6.45, 7) is 6.23. The van der Waals surface area contributed by atoms with Crippen molar-refractivity contribution in [2.75, 3.05) is 51.7 Å². The normalized spacial score (nSPS) is 14.4. The Bertz CT molecular complexity index is 675. The second-order valence-electron chi connectivity index (χ2n) is 6.73. The van der Waals surface area contributed by atoms with Gasteiger partial charge in [0.25, 0.3) is 0 Å². The number of ether oxygens (including phenoxy) is 1. The van der Waals surface area contributed by atoms with Crippen molar-refractivity contribution in [1.82, 2.24) is 15.1 Å². The molecule has 0 spiro atoms. The van der Waals surface area contributed by atoms with Crippen LogP contribution in [-0.4, -0.2) is 73.2 Å². The molecule has 154 valence electrons. The van der Waals surface area contributed by atoms with Gasteiger partial charge in [-0.25, -0.2) is 0 Å². The molecule has 1 aliphatic heterocycles. The molecule has 1 saturated heterocycles. The number of piperazine rings is 1. The first-order valence-electron chi connectivity index (χ1n) is 9.73. The zero-order valence-corrected chi connectivity index (χ0v) is 17.5. The van der Waals surface area contributed by atoms with Crippen LogP contribution in [0, 0.1) is 0 Å². The molecule has 0 unspecified atom stereocenters. The Kier molecular flexibility index (Phi) is 9.16. The first-order valence-corrected chi connectivity index (χ1v) is 10.1. The topological polar surface area (TPSA) is 73.9 Å². The third kappa shape index (κ3) is 7.09. The summed E-state index contributed by atoms with van der Waals surface area (Å²) >= 11 is 5.42. The highest BCUT2D eigenvalue weighted by Gasteiger charge is 2.20. The Balaban J connectivity index is 1.68. The highest BCUT2D eigenvalue weighted by molar-refractivity contribution is 7.80. The standard InChI is InChI=1S/C20H30N4O3S/c1-3-16-7-4-5-8-17(16)22-18(25)15-23-11-13-24(14-12-23)20(28)21-10-6-9-19(26)27-2/h4-5,7-8H,3,6,9-15H2,1-2H3,(H,21,28)(H,22,25). The van der Waals surface area contributed by atoms with Crippen LogP contribution in [0.4, 0.5) is 5.69 Å². The van der Waals surface area contributed by atoms with Crippen LogP contribution in [0.15, 0.2) is 24.3 Å². The van der Waals surface area contributed by atoms with Crippen LogP contribution in [-0.2, 0) is 20.7 Å². The number of amides is 1. The number of esters is 1. The molecule has 0 bridgehead atoms. The fraction of sp³-hybridized carbons (Fsp3) is 0.550. The molecule has 0 radical (unpaired) electrons. The Morgan fingerprint density at radius 2 is 1.89 bits per heavy atom. The number of thiocarbonyl (C=S) groups is 1. The van der Waals surface area contributed by atoms with Crippen molar-refractivity contribution in [2.45, 2.75) is 26.2 Å². The molecule has 1 heterocycles. The summed E-state index contributed by atoms with van der Waals surface area (Å²) in [5, 5.41) is 6.91. The number of hydrogen-bond acceptors (Lipinski definition) is 5. The van der Waals surface area contributed by atoms with Crippen molar-refractivity contribution in [1.29, 1.82) is 0 Å². The van der Waals surface area contributed by atoms with Crippen LogP contribution in [0.25, 0.3) is 0 Å². The number of nitrogens with zero attached hydrogens (tertiary/aromatic N) is 2. The molecule has 1 aromatic carbocycles. The van der Waals surface area contributed by atoms with Gasteiger partial charge in [0.2, 0.25) is 5.91 Å². The fourth-order valence-corrected chi connectivity index (χ4v) is 3.38. The van der Waals surface area contributed by atoms with E-state index in [-0.39, 0.29) is 11.9 Å². The number of rotatable bonds is 8. The number of carbonyl (C=O) groups excluding carboxylic acids is 2. The first-order chi connectivity index (χ1) is 13.5. The molecule has 1 aliphatic rings. The Labute approximate surface area is 172 Å². The van der Waals surface area contributed by atoms with E-state index in [2.05, 4.69) is 32.1 Å². The van der Waals surface area contributed by atoms with Gasteiger partial charge < -0.3 is 20.3 Å². The zero-order valence-electron chi connectivity index (χ0n) is 16.7. The minimum Gasteiger partial charge on any atom is -0.469 e. The molecule has 8 heteroatoms. The van der Waals surface area contributed by atoms with E-state index in [1.54, 1.807) is 0 Å². The van der Waals surface area contributed by atoms with Crippen molar-refractivity contribution in [3.63, 3.8) is 0 Å². The van der Waals surface area contributed by atoms with E-state index >= 15 is 0 Å². The Morgan fingerprint density at radius 3 is 2.57 bits per heavy atom. The lowest BCUT2D eigenvalue weighted by Crippen LogP contribution is -2.53. The molecular weight excluding hydrogens is 376 g/mol. The molecule has 0 aromatic heterocycles. The molecule has 0 atom stereocenters. The van der Waals surface area contributed by atoms with E-state index in [0.29, 0.717) is 31.0 Å². The highest BCUT2D eigenvalue weighted by Crippen LogP contribution is 2.15. The van der Waals surface area contributed by atoms with Crippen molar-refractivity contribution in [3.8, 4) is 0 Å². The molecule has 28 heavy (non-hydrogen) atoms. The number of aryl methyl sites for hydroxylation is 1. The predicted octanol–water partition coefficient (Wildman–Crippen LogP) is 1.63. The SMILES string of the molecule is CCc1ccccc1NC(=O)CN1CCN(C(=S)NCCCC(=O)OC)CC1. The van der Waals surface area contributed by atoms with E-state index < -0.39 is 0 Å². The van der Waals surface area contributed by atoms with Gasteiger partial charge in [0.05, 0.1) is 13.7 Å². The van der Waals surface area contributed by atoms with Gasteiger partial charge in [0.1, 0.15) is 0 Å². The average molecular weight is 407 g/mol. The van der Waals surface area contributed by atoms with Gasteiger partial charge in [-0.3, -0.25) is 14.5 Å². The lowest BCUT2D eigenvalue weighted by atomic mass is 10.1. The maximum Gasteiger partial charge on any atom is 0.305 e. The van der Waals surface area contributed by atoms with Gasteiger partial charge in [-0.15, -0.1) is 0 Å². The number of nitrogens with one attached hydrogen (secondary N) is 2. The van der Waals surface area contributed by atoms with Crippen LogP contribution in [0.5, 0.6) is 0 Å². The number of anilines is 1. The molecule has 0 aliphatic carbocycles. The second kappa shape index (κ2) is 11.6. The average Bonchev–Trinajstić information content (AvgIpc) is 2.71. The van der Waals surface area contributed by atoms with Gasteiger partial charge >= 0.3 is 5.97 Å². The summed E-state index contributed by atoms with van der Waals surface area (Å²) in [6, 6.07) is 7.90. The van der Waals surface area contributed by atoms with Crippen LogP contribution in [0.3, 0.4) is 0 Å². The summed E-state index contributed by atoms with van der Waals surface area (Å²) in [5.74, 6) is -0.195. The molecule has 0 saturated carbocycles. The molecule has 1 aromatic rings. The predicted molar refractivity (Wildman–Crippen MR) is 114 cm³/mol. The van der Waals surface area contributed by atoms with Gasteiger partial charge in [0.15, 0.2) is 5.11 Å². The monoisotopic (exact) mass is 406 g/mol. The van der Waals surface area contributed by atoms with Crippen molar-refractivity contribution < 1.29 is 14.3 Å². The fourth-order valence-electron chi connectivity index (χ4n) is 3.09. The second-order valence-corrected chi connectivity index (χ2v) is 7.12. The van der Waals surface area contributed by atoms with Gasteiger partial charge in [-0.2, -0.15) is 0 Å². The molecular formula is C20H30N4O3S. The van der Waals surface area contributed by atoms with E-state index in [4.69, 9.17) is 12.2 Å². The third-order valence-corrected chi connectivity index (χ3v) is 5.16. The lowest BCUT2D eigenvalue weighted by molar-refractivity contribution is -0.140. The van der Waals surface area contributed by atoms with Crippen LogP contribution in [0.1, 0.15) is 25.3 Å². The molecule has 2 rings (SSSR count). The summed E-state index contributed by atoms with van der Waals surface area (Å²) < 4.78 is 4.62. The number of benzene rings is 1. The van der Waals surface area contributed by atoms with E-state index in [9.17, 15) is 9.59 Å². The van der Waals surface area contributed by atoms with E-state index in [1.807, 2.05) is 24.3 Å². The largest absolute Gasteiger partial charge is 0.469 e. The number of methoxy groups -OCH3 is 1. The summed E-state index contributed by atoms with van der Waals surface area (Å²) in [6.07, 6.45) is 1.96. The van der Waals surface area contributed by atoms with E-state index in [1.165, 1.54) is 7.11 Å². The smallest absolute Gasteiger partial charge is 0.305 e. The minimum absolute atomic E-state index is 0.0119. The van der Waals surface area contributed by atoms with Crippen molar-refractivity contribution >= 4 is 34.9 Å². The number of carbonyl (C=O) groups is 2. The molecule has 2 N–H and O–H groups in total. The molecule has 7 nitrogen and oxygen atoms in total. The Morgan fingerprint density at radius 1 is 1.18 bits per heavy atom. The van der Waals surface area contributed by atoms with Crippen molar-refractivity contribution in [3.05, 3.63) is 29.8 Å². The summed E-state index contributed by atoms with van der Waals surface area (Å²) in [5.41, 5.74) is 2.04. The number of para-hydroxylation sites is 1. The van der Waals surface area contributed by atoms with Crippen molar-refractivity contribution in [2.24, 2.45) is 0 Å². The third-order valence-electron chi connectivity index (χ3n) is 4.76. The summed E-state index contributed by atoms with van der Waals surface area (Å²) in [4.78, 5) is 27.7. The maximum atomic E-state index is 12.4. The maximum absolute atomic E-state index is 12.4. The van der Waals surface area contributed by atoms with E-state index in [0.717, 1.165) is 43.9 Å². The van der Waals surface area contributed by atoms with Gasteiger partial charge in [0, 0.05) is 44.8 Å². The highest BCUT2D eigenvalue weighted by atomic mass is 32.1.